The molecular formula is C29H24F6N6O3. The van der Waals surface area contributed by atoms with Crippen molar-refractivity contribution in [1.29, 1.82) is 0 Å². The van der Waals surface area contributed by atoms with Crippen LogP contribution in [0, 0.1) is 0 Å². The number of hydrogen-bond acceptors (Lipinski definition) is 6. The summed E-state index contributed by atoms with van der Waals surface area (Å²) in [6.07, 6.45) is -3.70. The van der Waals surface area contributed by atoms with Gasteiger partial charge in [-0.3, -0.25) is 14.6 Å². The van der Waals surface area contributed by atoms with Crippen LogP contribution in [0.5, 0.6) is 5.75 Å². The maximum atomic E-state index is 13.8. The fourth-order valence-corrected chi connectivity index (χ4v) is 4.69. The Labute approximate surface area is 246 Å². The van der Waals surface area contributed by atoms with Crippen LogP contribution >= 0.6 is 0 Å². The van der Waals surface area contributed by atoms with Crippen LogP contribution in [0.4, 0.5) is 32.0 Å². The second-order valence-corrected chi connectivity index (χ2v) is 10.00. The van der Waals surface area contributed by atoms with Gasteiger partial charge in [-0.1, -0.05) is 0 Å². The first-order valence-corrected chi connectivity index (χ1v) is 13.2. The van der Waals surface area contributed by atoms with Crippen LogP contribution in [-0.4, -0.2) is 75.5 Å². The number of nitrogens with one attached hydrogen (secondary N) is 1. The lowest BCUT2D eigenvalue weighted by atomic mass is 10.1. The number of alkyl halides is 6. The van der Waals surface area contributed by atoms with E-state index >= 15 is 0 Å². The number of nitrogens with zero attached hydrogens (tertiary/aromatic N) is 5. The molecule has 1 aliphatic rings. The lowest BCUT2D eigenvalue weighted by Gasteiger charge is -2.36. The molecule has 9 nitrogen and oxygen atoms in total. The van der Waals surface area contributed by atoms with Gasteiger partial charge in [-0.25, -0.2) is 4.68 Å². The molecule has 230 valence electrons. The maximum Gasteiger partial charge on any atom is 0.416 e. The van der Waals surface area contributed by atoms with Crippen LogP contribution in [0.3, 0.4) is 0 Å². The second-order valence-electron chi connectivity index (χ2n) is 10.00. The van der Waals surface area contributed by atoms with E-state index < -0.39 is 36.3 Å². The fourth-order valence-electron chi connectivity index (χ4n) is 4.69. The van der Waals surface area contributed by atoms with E-state index in [1.165, 1.54) is 58.6 Å². The molecule has 1 fully saturated rings. The van der Waals surface area contributed by atoms with Crippen molar-refractivity contribution in [2.24, 2.45) is 0 Å². The van der Waals surface area contributed by atoms with Gasteiger partial charge in [0.05, 0.1) is 23.6 Å². The van der Waals surface area contributed by atoms with Crippen molar-refractivity contribution >= 4 is 17.5 Å². The molecule has 0 spiro atoms. The minimum atomic E-state index is -4.73. The maximum absolute atomic E-state index is 13.8. The van der Waals surface area contributed by atoms with Crippen molar-refractivity contribution in [3.05, 3.63) is 90.0 Å². The van der Waals surface area contributed by atoms with Gasteiger partial charge in [0, 0.05) is 66.5 Å². The average molecular weight is 619 g/mol. The molecule has 2 N–H and O–H groups in total. The molecule has 2 aromatic heterocycles. The Morgan fingerprint density at radius 3 is 2.16 bits per heavy atom. The molecule has 15 heteroatoms. The highest BCUT2D eigenvalue weighted by atomic mass is 19.4. The Morgan fingerprint density at radius 2 is 1.52 bits per heavy atom. The standard InChI is InChI=1S/C29H24F6N6O3/c30-28(31,32)17-37-26(43)18-1-3-23(4-2-18)39-5-7-40(8-6-39)27(44)19-9-22(29(33,34)35)12-24(10-19)41-16-21(14-38-41)20-11-25(42)15-36-13-20/h1-4,9-16,42H,5-8,17H2,(H,37,43). The predicted molar refractivity (Wildman–Crippen MR) is 146 cm³/mol. The van der Waals surface area contributed by atoms with E-state index in [0.29, 0.717) is 29.9 Å². The number of hydrogen-bond donors (Lipinski definition) is 2. The Hall–Kier alpha value is -5.08. The topological polar surface area (TPSA) is 104 Å². The third kappa shape index (κ3) is 7.10. The van der Waals surface area contributed by atoms with Gasteiger partial charge in [0.2, 0.25) is 0 Å². The number of piperazine rings is 1. The summed E-state index contributed by atoms with van der Waals surface area (Å²) in [6, 6.07) is 10.4. The molecule has 0 saturated carbocycles. The third-order valence-corrected chi connectivity index (χ3v) is 6.91. The molecule has 2 amide bonds. The predicted octanol–water partition coefficient (Wildman–Crippen LogP) is 4.91. The van der Waals surface area contributed by atoms with Crippen molar-refractivity contribution in [3.63, 3.8) is 0 Å². The number of carbonyl (C=O) groups is 2. The largest absolute Gasteiger partial charge is 0.506 e. The number of aromatic hydroxyl groups is 1. The van der Waals surface area contributed by atoms with Gasteiger partial charge in [0.1, 0.15) is 12.3 Å². The normalized spacial score (nSPS) is 14.0. The number of amides is 2. The molecule has 3 heterocycles. The SMILES string of the molecule is O=C(NCC(F)(F)F)c1ccc(N2CCN(C(=O)c3cc(-n4cc(-c5cncc(O)c5)cn4)cc(C(F)(F)F)c3)CC2)cc1. The quantitative estimate of drug-likeness (QED) is 0.298. The zero-order valence-electron chi connectivity index (χ0n) is 22.7. The molecule has 1 aliphatic heterocycles. The molecule has 5 rings (SSSR count). The molecule has 44 heavy (non-hydrogen) atoms. The van der Waals surface area contributed by atoms with Crippen molar-refractivity contribution in [2.75, 3.05) is 37.6 Å². The van der Waals surface area contributed by atoms with Gasteiger partial charge in [-0.05, 0) is 48.5 Å². The van der Waals surface area contributed by atoms with E-state index in [1.807, 2.05) is 4.90 Å². The van der Waals surface area contributed by atoms with Gasteiger partial charge in [0.25, 0.3) is 11.8 Å². The Kier molecular flexibility index (Phi) is 8.21. The van der Waals surface area contributed by atoms with Crippen molar-refractivity contribution in [2.45, 2.75) is 12.4 Å². The highest BCUT2D eigenvalue weighted by molar-refractivity contribution is 5.95. The minimum Gasteiger partial charge on any atom is -0.506 e. The molecule has 2 aromatic carbocycles. The smallest absolute Gasteiger partial charge is 0.416 e. The summed E-state index contributed by atoms with van der Waals surface area (Å²) < 4.78 is 79.8. The van der Waals surface area contributed by atoms with Gasteiger partial charge >= 0.3 is 12.4 Å². The van der Waals surface area contributed by atoms with Crippen LogP contribution in [0.1, 0.15) is 26.3 Å². The number of aromatic nitrogens is 3. The monoisotopic (exact) mass is 618 g/mol. The number of pyridine rings is 1. The molecular weight excluding hydrogens is 594 g/mol. The lowest BCUT2D eigenvalue weighted by Crippen LogP contribution is -2.48. The zero-order chi connectivity index (χ0) is 31.6. The molecule has 4 aromatic rings. The second kappa shape index (κ2) is 11.9. The Morgan fingerprint density at radius 1 is 0.818 bits per heavy atom. The van der Waals surface area contributed by atoms with Crippen molar-refractivity contribution in [3.8, 4) is 22.6 Å². The zero-order valence-corrected chi connectivity index (χ0v) is 22.7. The average Bonchev–Trinajstić information content (AvgIpc) is 3.49. The molecule has 0 unspecified atom stereocenters. The van der Waals surface area contributed by atoms with E-state index in [-0.39, 0.29) is 35.7 Å². The minimum absolute atomic E-state index is 0.0144. The number of halogens is 6. The first-order chi connectivity index (χ1) is 20.8. The van der Waals surface area contributed by atoms with Crippen LogP contribution in [0.2, 0.25) is 0 Å². The summed E-state index contributed by atoms with van der Waals surface area (Å²) in [5.74, 6) is -1.56. The first kappa shape index (κ1) is 30.4. The summed E-state index contributed by atoms with van der Waals surface area (Å²) in [5.41, 5.74) is 0.528. The molecule has 0 atom stereocenters. The van der Waals surface area contributed by atoms with Crippen molar-refractivity contribution in [1.82, 2.24) is 25.0 Å². The molecule has 0 bridgehead atoms. The summed E-state index contributed by atoms with van der Waals surface area (Å²) in [7, 11) is 0. The van der Waals surface area contributed by atoms with Gasteiger partial charge in [0.15, 0.2) is 0 Å². The summed E-state index contributed by atoms with van der Waals surface area (Å²) in [5, 5.41) is 15.6. The Bertz CT molecular complexity index is 1660. The highest BCUT2D eigenvalue weighted by Crippen LogP contribution is 2.33. The van der Waals surface area contributed by atoms with Gasteiger partial charge in [-0.15, -0.1) is 0 Å². The Balaban J connectivity index is 1.29. The van der Waals surface area contributed by atoms with Gasteiger partial charge in [-0.2, -0.15) is 31.4 Å². The number of anilines is 1. The summed E-state index contributed by atoms with van der Waals surface area (Å²) in [6.45, 7) is -0.407. The summed E-state index contributed by atoms with van der Waals surface area (Å²) >= 11 is 0. The summed E-state index contributed by atoms with van der Waals surface area (Å²) in [4.78, 5) is 32.5. The number of carbonyl (C=O) groups excluding carboxylic acids is 2. The van der Waals surface area contributed by atoms with Gasteiger partial charge < -0.3 is 20.2 Å². The first-order valence-electron chi connectivity index (χ1n) is 13.2. The third-order valence-electron chi connectivity index (χ3n) is 6.91. The molecule has 0 aliphatic carbocycles. The van der Waals surface area contributed by atoms with E-state index in [4.69, 9.17) is 0 Å². The molecule has 0 radical (unpaired) electrons. The van der Waals surface area contributed by atoms with Crippen LogP contribution in [0.25, 0.3) is 16.8 Å². The van der Waals surface area contributed by atoms with Crippen molar-refractivity contribution < 1.29 is 41.0 Å². The number of rotatable bonds is 6. The van der Waals surface area contributed by atoms with E-state index in [0.717, 1.165) is 12.1 Å². The number of benzene rings is 2. The van der Waals surface area contributed by atoms with E-state index in [1.54, 1.807) is 17.4 Å². The van der Waals surface area contributed by atoms with Crippen LogP contribution in [-0.2, 0) is 6.18 Å². The highest BCUT2D eigenvalue weighted by Gasteiger charge is 2.33. The molecule has 1 saturated heterocycles. The van der Waals surface area contributed by atoms with Crippen LogP contribution < -0.4 is 10.2 Å². The van der Waals surface area contributed by atoms with E-state index in [9.17, 15) is 41.0 Å². The fraction of sp³-hybridized carbons (Fsp3) is 0.241. The lowest BCUT2D eigenvalue weighted by molar-refractivity contribution is -0.137. The van der Waals surface area contributed by atoms with Crippen LogP contribution in [0.15, 0.2) is 73.3 Å². The van der Waals surface area contributed by atoms with E-state index in [2.05, 4.69) is 10.1 Å².